The molecule has 0 aromatic carbocycles. The number of nitrogens with zero attached hydrogens (tertiary/aromatic N) is 7. The van der Waals surface area contributed by atoms with Gasteiger partial charge in [0.05, 0.1) is 39.6 Å². The molecule has 3 aliphatic rings. The molecular weight excluding hydrogens is 362 g/mol. The molecule has 5 rings (SSSR count). The van der Waals surface area contributed by atoms with E-state index in [1.54, 1.807) is 6.33 Å². The fraction of sp³-hybridized carbons (Fsp3) is 0.667. The van der Waals surface area contributed by atoms with Crippen LogP contribution in [0.1, 0.15) is 0 Å². The molecule has 0 unspecified atom stereocenters. The fourth-order valence-electron chi connectivity index (χ4n) is 3.82. The fourth-order valence-corrected chi connectivity index (χ4v) is 3.82. The van der Waals surface area contributed by atoms with Crippen molar-refractivity contribution in [2.75, 3.05) is 93.6 Å². The van der Waals surface area contributed by atoms with Gasteiger partial charge >= 0.3 is 0 Å². The lowest BCUT2D eigenvalue weighted by molar-refractivity contribution is 0.121. The predicted octanol–water partition coefficient (Wildman–Crippen LogP) is -0.0704. The Balaban J connectivity index is 1.63. The number of hydrogen-bond donors (Lipinski definition) is 0. The standard InChI is InChI=1S/C18H25N7O3/c1-7-26-8-2-23(1)16-15-14(19-13-20-16)17(24-3-9-27-10-4-24)22-18(21-15)25-5-11-28-12-6-25/h13H,1-12H2. The average Bonchev–Trinajstić information content (AvgIpc) is 2.79. The van der Waals surface area contributed by atoms with E-state index in [4.69, 9.17) is 24.2 Å². The van der Waals surface area contributed by atoms with E-state index < -0.39 is 0 Å². The molecule has 3 saturated heterocycles. The first-order chi connectivity index (χ1) is 13.9. The average molecular weight is 387 g/mol. The van der Waals surface area contributed by atoms with E-state index in [0.717, 1.165) is 67.9 Å². The molecule has 0 spiro atoms. The van der Waals surface area contributed by atoms with Gasteiger partial charge in [0.15, 0.2) is 11.6 Å². The Morgan fingerprint density at radius 3 is 1.71 bits per heavy atom. The number of morpholine rings is 3. The minimum Gasteiger partial charge on any atom is -0.378 e. The molecule has 3 aliphatic heterocycles. The van der Waals surface area contributed by atoms with Gasteiger partial charge in [-0.2, -0.15) is 4.98 Å². The first-order valence-electron chi connectivity index (χ1n) is 9.91. The third-order valence-electron chi connectivity index (χ3n) is 5.35. The minimum absolute atomic E-state index is 0.690. The van der Waals surface area contributed by atoms with Crippen molar-refractivity contribution in [3.05, 3.63) is 6.33 Å². The van der Waals surface area contributed by atoms with Crippen LogP contribution < -0.4 is 14.7 Å². The van der Waals surface area contributed by atoms with Crippen molar-refractivity contribution in [1.29, 1.82) is 0 Å². The van der Waals surface area contributed by atoms with Gasteiger partial charge < -0.3 is 28.9 Å². The lowest BCUT2D eigenvalue weighted by atomic mass is 10.3. The Morgan fingerprint density at radius 2 is 1.11 bits per heavy atom. The summed E-state index contributed by atoms with van der Waals surface area (Å²) in [5.41, 5.74) is 1.61. The zero-order valence-electron chi connectivity index (χ0n) is 15.9. The quantitative estimate of drug-likeness (QED) is 0.713. The largest absolute Gasteiger partial charge is 0.378 e. The van der Waals surface area contributed by atoms with E-state index in [2.05, 4.69) is 24.7 Å². The third-order valence-corrected chi connectivity index (χ3v) is 5.35. The maximum Gasteiger partial charge on any atom is 0.228 e. The van der Waals surface area contributed by atoms with Gasteiger partial charge in [-0.3, -0.25) is 0 Å². The van der Waals surface area contributed by atoms with Crippen LogP contribution in [0.4, 0.5) is 17.6 Å². The Morgan fingerprint density at radius 1 is 0.571 bits per heavy atom. The van der Waals surface area contributed by atoms with Crippen molar-refractivity contribution < 1.29 is 14.2 Å². The lowest BCUT2D eigenvalue weighted by Gasteiger charge is -2.32. The topological polar surface area (TPSA) is 89.0 Å². The van der Waals surface area contributed by atoms with Gasteiger partial charge in [-0.1, -0.05) is 0 Å². The van der Waals surface area contributed by atoms with Gasteiger partial charge in [-0.15, -0.1) is 0 Å². The molecule has 0 bridgehead atoms. The highest BCUT2D eigenvalue weighted by atomic mass is 16.5. The smallest absolute Gasteiger partial charge is 0.228 e. The predicted molar refractivity (Wildman–Crippen MR) is 104 cm³/mol. The zero-order valence-corrected chi connectivity index (χ0v) is 15.9. The second kappa shape index (κ2) is 7.98. The maximum absolute atomic E-state index is 5.53. The molecule has 2 aromatic rings. The summed E-state index contributed by atoms with van der Waals surface area (Å²) in [5, 5.41) is 0. The molecule has 0 radical (unpaired) electrons. The van der Waals surface area contributed by atoms with Crippen LogP contribution in [0.2, 0.25) is 0 Å². The Bertz CT molecular complexity index is 818. The highest BCUT2D eigenvalue weighted by molar-refractivity contribution is 5.94. The van der Waals surface area contributed by atoms with Gasteiger partial charge in [-0.25, -0.2) is 15.0 Å². The molecular formula is C18H25N7O3. The van der Waals surface area contributed by atoms with Crippen LogP contribution in [0.3, 0.4) is 0 Å². The molecule has 0 atom stereocenters. The molecule has 0 N–H and O–H groups in total. The summed E-state index contributed by atoms with van der Waals surface area (Å²) in [6.45, 7) is 8.93. The van der Waals surface area contributed by atoms with E-state index in [1.165, 1.54) is 0 Å². The minimum atomic E-state index is 0.690. The number of aromatic nitrogens is 4. The summed E-state index contributed by atoms with van der Waals surface area (Å²) in [4.78, 5) is 25.7. The number of hydrogen-bond acceptors (Lipinski definition) is 10. The molecule has 5 heterocycles. The van der Waals surface area contributed by atoms with Crippen LogP contribution in [0, 0.1) is 0 Å². The van der Waals surface area contributed by atoms with Crippen molar-refractivity contribution in [2.45, 2.75) is 0 Å². The van der Waals surface area contributed by atoms with Gasteiger partial charge in [0.25, 0.3) is 0 Å². The summed E-state index contributed by atoms with van der Waals surface area (Å²) in [6.07, 6.45) is 1.62. The van der Waals surface area contributed by atoms with Crippen LogP contribution in [-0.2, 0) is 14.2 Å². The monoisotopic (exact) mass is 387 g/mol. The second-order valence-corrected chi connectivity index (χ2v) is 7.04. The van der Waals surface area contributed by atoms with E-state index in [0.29, 0.717) is 39.6 Å². The molecule has 0 aliphatic carbocycles. The molecule has 150 valence electrons. The van der Waals surface area contributed by atoms with Crippen LogP contribution in [0.5, 0.6) is 0 Å². The molecule has 10 nitrogen and oxygen atoms in total. The van der Waals surface area contributed by atoms with Crippen molar-refractivity contribution in [3.8, 4) is 0 Å². The van der Waals surface area contributed by atoms with Crippen LogP contribution in [-0.4, -0.2) is 98.8 Å². The summed E-state index contributed by atoms with van der Waals surface area (Å²) in [6, 6.07) is 0. The number of rotatable bonds is 3. The molecule has 2 aromatic heterocycles. The summed E-state index contributed by atoms with van der Waals surface area (Å²) >= 11 is 0. The summed E-state index contributed by atoms with van der Waals surface area (Å²) < 4.78 is 16.5. The number of ether oxygens (including phenoxy) is 3. The van der Waals surface area contributed by atoms with Crippen molar-refractivity contribution >= 4 is 28.6 Å². The first-order valence-corrected chi connectivity index (χ1v) is 9.91. The SMILES string of the molecule is c1nc(N2CCOCC2)c2nc(N3CCOCC3)nc(N3CCOCC3)c2n1. The Hall–Kier alpha value is -2.30. The maximum atomic E-state index is 5.53. The van der Waals surface area contributed by atoms with Crippen LogP contribution in [0.15, 0.2) is 6.33 Å². The Labute approximate surface area is 163 Å². The van der Waals surface area contributed by atoms with E-state index in [-0.39, 0.29) is 0 Å². The van der Waals surface area contributed by atoms with E-state index in [1.807, 2.05) is 0 Å². The second-order valence-electron chi connectivity index (χ2n) is 7.04. The normalized spacial score (nSPS) is 21.4. The molecule has 0 amide bonds. The molecule has 0 saturated carbocycles. The summed E-state index contributed by atoms with van der Waals surface area (Å²) in [7, 11) is 0. The van der Waals surface area contributed by atoms with E-state index in [9.17, 15) is 0 Å². The van der Waals surface area contributed by atoms with Crippen LogP contribution in [0.25, 0.3) is 11.0 Å². The first kappa shape index (κ1) is 17.8. The van der Waals surface area contributed by atoms with Gasteiger partial charge in [0, 0.05) is 39.3 Å². The van der Waals surface area contributed by atoms with Crippen molar-refractivity contribution in [1.82, 2.24) is 19.9 Å². The molecule has 28 heavy (non-hydrogen) atoms. The van der Waals surface area contributed by atoms with Crippen molar-refractivity contribution in [2.24, 2.45) is 0 Å². The van der Waals surface area contributed by atoms with Gasteiger partial charge in [-0.05, 0) is 0 Å². The van der Waals surface area contributed by atoms with E-state index >= 15 is 0 Å². The van der Waals surface area contributed by atoms with Gasteiger partial charge in [0.2, 0.25) is 5.95 Å². The Kier molecular flexibility index (Phi) is 5.06. The third kappa shape index (κ3) is 3.43. The van der Waals surface area contributed by atoms with Crippen LogP contribution >= 0.6 is 0 Å². The number of anilines is 3. The lowest BCUT2D eigenvalue weighted by Crippen LogP contribution is -2.40. The zero-order chi connectivity index (χ0) is 18.8. The van der Waals surface area contributed by atoms with Crippen molar-refractivity contribution in [3.63, 3.8) is 0 Å². The molecule has 3 fully saturated rings. The van der Waals surface area contributed by atoms with Gasteiger partial charge in [0.1, 0.15) is 17.4 Å². The highest BCUT2D eigenvalue weighted by Gasteiger charge is 2.25. The summed E-state index contributed by atoms with van der Waals surface area (Å²) in [5.74, 6) is 2.45. The molecule has 10 heteroatoms. The highest BCUT2D eigenvalue weighted by Crippen LogP contribution is 2.31. The number of fused-ring (bicyclic) bond motifs is 1.